The first kappa shape index (κ1) is 13.7. The number of esters is 1. The van der Waals surface area contributed by atoms with Crippen molar-refractivity contribution in [1.82, 2.24) is 0 Å². The fourth-order valence-corrected chi connectivity index (χ4v) is 2.52. The van der Waals surface area contributed by atoms with E-state index in [9.17, 15) is 4.79 Å². The summed E-state index contributed by atoms with van der Waals surface area (Å²) in [6.07, 6.45) is 2.45. The largest absolute Gasteiger partial charge is 0.467 e. The van der Waals surface area contributed by atoms with Crippen LogP contribution in [0, 0.1) is 0 Å². The molecule has 0 fully saturated rings. The van der Waals surface area contributed by atoms with E-state index in [0.29, 0.717) is 6.23 Å². The lowest BCUT2D eigenvalue weighted by molar-refractivity contribution is -0.145. The summed E-state index contributed by atoms with van der Waals surface area (Å²) in [7, 11) is -1.70. The van der Waals surface area contributed by atoms with Crippen molar-refractivity contribution in [2.45, 2.75) is 13.1 Å². The van der Waals surface area contributed by atoms with E-state index >= 15 is 0 Å². The van der Waals surface area contributed by atoms with Gasteiger partial charge in [-0.1, -0.05) is 55.2 Å². The quantitative estimate of drug-likeness (QED) is 0.642. The molecule has 3 nitrogen and oxygen atoms in total. The maximum Gasteiger partial charge on any atom is 0.331 e. The Balaban J connectivity index is 2.54. The zero-order valence-corrected chi connectivity index (χ0v) is 11.2. The maximum atomic E-state index is 10.9. The lowest BCUT2D eigenvalue weighted by Gasteiger charge is -2.17. The highest BCUT2D eigenvalue weighted by molar-refractivity contribution is 6.82. The number of rotatable bonds is 5. The predicted molar refractivity (Wildman–Crippen MR) is 71.0 cm³/mol. The van der Waals surface area contributed by atoms with E-state index in [1.807, 2.05) is 30.3 Å². The molecule has 0 aliphatic rings. The van der Waals surface area contributed by atoms with Crippen LogP contribution in [0.2, 0.25) is 13.1 Å². The Hall–Kier alpha value is -1.39. The normalized spacial score (nSPS) is 11.7. The van der Waals surface area contributed by atoms with Crippen LogP contribution in [0.5, 0.6) is 0 Å². The molecule has 1 rings (SSSR count). The summed E-state index contributed by atoms with van der Waals surface area (Å²) in [5.74, 6) is -0.557. The first-order chi connectivity index (χ1) is 8.03. The van der Waals surface area contributed by atoms with Gasteiger partial charge in [0.2, 0.25) is 0 Å². The lowest BCUT2D eigenvalue weighted by Crippen LogP contribution is -2.32. The fourth-order valence-electron chi connectivity index (χ4n) is 1.25. The van der Waals surface area contributed by atoms with Crippen molar-refractivity contribution in [3.8, 4) is 0 Å². The molecule has 4 heteroatoms. The van der Waals surface area contributed by atoms with Crippen molar-refractivity contribution in [1.29, 1.82) is 0 Å². The molecule has 0 saturated heterocycles. The van der Waals surface area contributed by atoms with E-state index in [1.54, 1.807) is 0 Å². The monoisotopic (exact) mass is 250 g/mol. The average Bonchev–Trinajstić information content (AvgIpc) is 2.35. The van der Waals surface area contributed by atoms with E-state index in [4.69, 9.17) is 9.84 Å². The van der Waals surface area contributed by atoms with Crippen LogP contribution in [0.3, 0.4) is 0 Å². The zero-order chi connectivity index (χ0) is 12.7. The van der Waals surface area contributed by atoms with E-state index in [0.717, 1.165) is 5.56 Å². The van der Waals surface area contributed by atoms with Gasteiger partial charge in [0, 0.05) is 0 Å². The van der Waals surface area contributed by atoms with Gasteiger partial charge >= 0.3 is 5.97 Å². The molecule has 0 heterocycles. The molecule has 1 N–H and O–H groups in total. The van der Waals surface area contributed by atoms with Crippen LogP contribution in [-0.2, 0) is 9.53 Å². The Labute approximate surface area is 103 Å². The number of ether oxygens (including phenoxy) is 1. The van der Waals surface area contributed by atoms with Crippen molar-refractivity contribution in [3.63, 3.8) is 0 Å². The third-order valence-corrected chi connectivity index (χ3v) is 4.22. The standard InChI is InChI=1S/C13H18O3Si/c1-17(2,11-16-13(15)10-14)9-8-12-6-4-3-5-7-12/h3-9,14H,10-11H2,1-2H3/b9-8+. The Morgan fingerprint density at radius 3 is 2.59 bits per heavy atom. The minimum atomic E-state index is -1.70. The van der Waals surface area contributed by atoms with Crippen LogP contribution >= 0.6 is 0 Å². The second kappa shape index (κ2) is 6.37. The maximum absolute atomic E-state index is 10.9. The van der Waals surface area contributed by atoms with Crippen LogP contribution in [-0.4, -0.2) is 32.0 Å². The van der Waals surface area contributed by atoms with Crippen LogP contribution in [0.1, 0.15) is 5.56 Å². The molecule has 0 radical (unpaired) electrons. The van der Waals surface area contributed by atoms with Crippen LogP contribution in [0.15, 0.2) is 36.0 Å². The Bertz CT molecular complexity index is 385. The first-order valence-corrected chi connectivity index (χ1v) is 8.83. The van der Waals surface area contributed by atoms with Crippen molar-refractivity contribution < 1.29 is 14.6 Å². The van der Waals surface area contributed by atoms with Gasteiger partial charge in [-0.05, 0) is 5.56 Å². The number of carbonyl (C=O) groups excluding carboxylic acids is 1. The third-order valence-electron chi connectivity index (χ3n) is 2.26. The minimum absolute atomic E-state index is 0.399. The molecule has 0 unspecified atom stereocenters. The van der Waals surface area contributed by atoms with E-state index < -0.39 is 20.7 Å². The van der Waals surface area contributed by atoms with Gasteiger partial charge in [-0.3, -0.25) is 0 Å². The summed E-state index contributed by atoms with van der Waals surface area (Å²) in [6, 6.07) is 10.0. The van der Waals surface area contributed by atoms with Gasteiger partial charge in [0.1, 0.15) is 14.7 Å². The Morgan fingerprint density at radius 2 is 2.00 bits per heavy atom. The van der Waals surface area contributed by atoms with Gasteiger partial charge in [-0.15, -0.1) is 0 Å². The van der Waals surface area contributed by atoms with E-state index in [2.05, 4.69) is 24.9 Å². The van der Waals surface area contributed by atoms with Gasteiger partial charge in [-0.2, -0.15) is 0 Å². The molecule has 0 spiro atoms. The smallest absolute Gasteiger partial charge is 0.331 e. The number of aliphatic hydroxyl groups is 1. The molecule has 1 aromatic carbocycles. The second-order valence-corrected chi connectivity index (χ2v) is 9.15. The topological polar surface area (TPSA) is 46.5 Å². The van der Waals surface area contributed by atoms with Crippen LogP contribution in [0.25, 0.3) is 6.08 Å². The van der Waals surface area contributed by atoms with Gasteiger partial charge in [-0.25, -0.2) is 4.79 Å². The van der Waals surface area contributed by atoms with E-state index in [1.165, 1.54) is 0 Å². The molecule has 1 aromatic rings. The molecule has 0 atom stereocenters. The van der Waals surface area contributed by atoms with Crippen LogP contribution < -0.4 is 0 Å². The predicted octanol–water partition coefficient (Wildman–Crippen LogP) is 2.02. The fraction of sp³-hybridized carbons (Fsp3) is 0.308. The molecule has 92 valence electrons. The van der Waals surface area contributed by atoms with Crippen LogP contribution in [0.4, 0.5) is 0 Å². The molecule has 0 saturated carbocycles. The highest BCUT2D eigenvalue weighted by atomic mass is 28.3. The minimum Gasteiger partial charge on any atom is -0.467 e. The van der Waals surface area contributed by atoms with Crippen molar-refractivity contribution >= 4 is 20.1 Å². The second-order valence-electron chi connectivity index (χ2n) is 4.55. The number of hydrogen-bond donors (Lipinski definition) is 1. The molecule has 17 heavy (non-hydrogen) atoms. The highest BCUT2D eigenvalue weighted by Gasteiger charge is 2.19. The lowest BCUT2D eigenvalue weighted by atomic mass is 10.2. The highest BCUT2D eigenvalue weighted by Crippen LogP contribution is 2.09. The molecule has 0 bridgehead atoms. The van der Waals surface area contributed by atoms with Crippen molar-refractivity contribution in [2.75, 3.05) is 12.8 Å². The summed E-state index contributed by atoms with van der Waals surface area (Å²) < 4.78 is 4.97. The summed E-state index contributed by atoms with van der Waals surface area (Å²) in [4.78, 5) is 10.9. The summed E-state index contributed by atoms with van der Waals surface area (Å²) in [5, 5.41) is 8.56. The number of aliphatic hydroxyl groups excluding tert-OH is 1. The van der Waals surface area contributed by atoms with Gasteiger partial charge in [0.25, 0.3) is 0 Å². The molecule has 0 amide bonds. The number of benzene rings is 1. The summed E-state index contributed by atoms with van der Waals surface area (Å²) in [5.41, 5.74) is 3.27. The van der Waals surface area contributed by atoms with Gasteiger partial charge < -0.3 is 9.84 Å². The first-order valence-electron chi connectivity index (χ1n) is 5.54. The SMILES string of the molecule is C[Si](C)(/C=C/c1ccccc1)COC(=O)CO. The average molecular weight is 250 g/mol. The zero-order valence-electron chi connectivity index (χ0n) is 10.2. The molecular weight excluding hydrogens is 232 g/mol. The summed E-state index contributed by atoms with van der Waals surface area (Å²) in [6.45, 7) is 3.67. The Kier molecular flexibility index (Phi) is 5.12. The van der Waals surface area contributed by atoms with Crippen molar-refractivity contribution in [3.05, 3.63) is 41.6 Å². The molecular formula is C13H18O3Si. The molecule has 0 aromatic heterocycles. The third kappa shape index (κ3) is 5.47. The Morgan fingerprint density at radius 1 is 1.35 bits per heavy atom. The van der Waals surface area contributed by atoms with Crippen molar-refractivity contribution in [2.24, 2.45) is 0 Å². The molecule has 0 aliphatic carbocycles. The number of carbonyl (C=O) groups is 1. The molecule has 0 aliphatic heterocycles. The van der Waals surface area contributed by atoms with E-state index in [-0.39, 0.29) is 0 Å². The van der Waals surface area contributed by atoms with Gasteiger partial charge in [0.05, 0.1) is 6.23 Å². The summed E-state index contributed by atoms with van der Waals surface area (Å²) >= 11 is 0. The number of hydrogen-bond acceptors (Lipinski definition) is 3. The van der Waals surface area contributed by atoms with Gasteiger partial charge in [0.15, 0.2) is 0 Å².